The number of halogens is 1. The maximum absolute atomic E-state index is 13.5. The van der Waals surface area contributed by atoms with E-state index in [0.717, 1.165) is 18.1 Å². The first-order valence-electron chi connectivity index (χ1n) is 8.33. The van der Waals surface area contributed by atoms with Crippen LogP contribution in [-0.4, -0.2) is 18.4 Å². The van der Waals surface area contributed by atoms with Crippen molar-refractivity contribution in [2.75, 3.05) is 11.9 Å². The van der Waals surface area contributed by atoms with Crippen LogP contribution in [0.25, 0.3) is 0 Å². The number of rotatable bonds is 4. The Labute approximate surface area is 150 Å². The van der Waals surface area contributed by atoms with Gasteiger partial charge in [0, 0.05) is 22.9 Å². The summed E-state index contributed by atoms with van der Waals surface area (Å²) in [6.45, 7) is 3.88. The highest BCUT2D eigenvalue weighted by atomic mass is 19.1. The van der Waals surface area contributed by atoms with E-state index in [1.165, 1.54) is 12.1 Å². The normalized spacial score (nSPS) is 15.8. The largest absolute Gasteiger partial charge is 0.493 e. The lowest BCUT2D eigenvalue weighted by atomic mass is 10.0. The number of carbonyl (C=O) groups is 2. The molecule has 134 valence electrons. The molecule has 2 amide bonds. The lowest BCUT2D eigenvalue weighted by molar-refractivity contribution is -0.111. The van der Waals surface area contributed by atoms with Crippen LogP contribution in [0.2, 0.25) is 0 Å². The van der Waals surface area contributed by atoms with Crippen molar-refractivity contribution in [3.05, 3.63) is 72.1 Å². The molecule has 0 saturated heterocycles. The topological polar surface area (TPSA) is 67.4 Å². The maximum Gasteiger partial charge on any atom is 0.251 e. The second-order valence-corrected chi connectivity index (χ2v) is 5.97. The van der Waals surface area contributed by atoms with Crippen molar-refractivity contribution >= 4 is 17.5 Å². The van der Waals surface area contributed by atoms with Crippen LogP contribution in [0.4, 0.5) is 10.1 Å². The first-order valence-corrected chi connectivity index (χ1v) is 8.33. The fourth-order valence-corrected chi connectivity index (χ4v) is 2.87. The van der Waals surface area contributed by atoms with Crippen LogP contribution in [0.15, 0.2) is 55.1 Å². The van der Waals surface area contributed by atoms with Crippen LogP contribution >= 0.6 is 0 Å². The number of hydrogen-bond donors (Lipinski definition) is 2. The smallest absolute Gasteiger partial charge is 0.251 e. The highest BCUT2D eigenvalue weighted by Crippen LogP contribution is 2.32. The second kappa shape index (κ2) is 7.82. The summed E-state index contributed by atoms with van der Waals surface area (Å²) in [5, 5.41) is 5.59. The monoisotopic (exact) mass is 354 g/mol. The molecule has 0 saturated carbocycles. The van der Waals surface area contributed by atoms with Crippen molar-refractivity contribution in [1.29, 1.82) is 0 Å². The molecule has 0 aromatic heterocycles. The lowest BCUT2D eigenvalue weighted by Gasteiger charge is -2.18. The van der Waals surface area contributed by atoms with E-state index >= 15 is 0 Å². The van der Waals surface area contributed by atoms with Gasteiger partial charge < -0.3 is 15.4 Å². The van der Waals surface area contributed by atoms with E-state index in [-0.39, 0.29) is 23.7 Å². The van der Waals surface area contributed by atoms with Gasteiger partial charge in [-0.3, -0.25) is 9.59 Å². The molecule has 5 nitrogen and oxygen atoms in total. The summed E-state index contributed by atoms with van der Waals surface area (Å²) in [4.78, 5) is 24.1. The van der Waals surface area contributed by atoms with Crippen LogP contribution in [0.1, 0.15) is 34.8 Å². The van der Waals surface area contributed by atoms with E-state index in [4.69, 9.17) is 4.74 Å². The molecule has 1 aliphatic heterocycles. The molecular weight excluding hydrogens is 335 g/mol. The molecule has 1 aliphatic rings. The number of fused-ring (bicyclic) bond motifs is 1. The summed E-state index contributed by atoms with van der Waals surface area (Å²) in [5.41, 5.74) is 1.68. The van der Waals surface area contributed by atoms with Gasteiger partial charge in [-0.25, -0.2) is 4.39 Å². The van der Waals surface area contributed by atoms with Crippen molar-refractivity contribution in [3.63, 3.8) is 0 Å². The zero-order chi connectivity index (χ0) is 18.5. The van der Waals surface area contributed by atoms with Gasteiger partial charge in [0.1, 0.15) is 11.6 Å². The highest BCUT2D eigenvalue weighted by Gasteiger charge is 2.22. The Kier molecular flexibility index (Phi) is 5.31. The van der Waals surface area contributed by atoms with Crippen molar-refractivity contribution < 1.29 is 18.7 Å². The van der Waals surface area contributed by atoms with Crippen molar-refractivity contribution in [3.8, 4) is 5.75 Å². The van der Waals surface area contributed by atoms with Gasteiger partial charge in [0.15, 0.2) is 0 Å². The molecule has 2 aromatic rings. The molecule has 26 heavy (non-hydrogen) atoms. The molecule has 0 bridgehead atoms. The van der Waals surface area contributed by atoms with Gasteiger partial charge in [0.25, 0.3) is 5.91 Å². The number of amides is 2. The Bertz CT molecular complexity index is 851. The molecule has 2 aromatic carbocycles. The average molecular weight is 354 g/mol. The van der Waals surface area contributed by atoms with E-state index in [0.29, 0.717) is 30.0 Å². The fourth-order valence-electron chi connectivity index (χ4n) is 2.87. The Morgan fingerprint density at radius 3 is 2.88 bits per heavy atom. The number of carbonyl (C=O) groups excluding carboxylic acids is 2. The molecule has 6 heteroatoms. The highest BCUT2D eigenvalue weighted by molar-refractivity contribution is 6.00. The Morgan fingerprint density at radius 2 is 2.08 bits per heavy atom. The number of hydrogen-bond acceptors (Lipinski definition) is 3. The van der Waals surface area contributed by atoms with Crippen LogP contribution in [-0.2, 0) is 4.79 Å². The zero-order valence-corrected chi connectivity index (χ0v) is 14.1. The number of anilines is 1. The van der Waals surface area contributed by atoms with Crippen LogP contribution in [0.5, 0.6) is 5.75 Å². The van der Waals surface area contributed by atoms with Gasteiger partial charge in [0.05, 0.1) is 12.6 Å². The van der Waals surface area contributed by atoms with Crippen molar-refractivity contribution in [2.45, 2.75) is 18.9 Å². The van der Waals surface area contributed by atoms with E-state index in [1.807, 2.05) is 0 Å². The summed E-state index contributed by atoms with van der Waals surface area (Å²) < 4.78 is 19.0. The molecule has 1 atom stereocenters. The summed E-state index contributed by atoms with van der Waals surface area (Å²) in [6.07, 6.45) is 2.60. The third-order valence-corrected chi connectivity index (χ3v) is 4.13. The van der Waals surface area contributed by atoms with E-state index in [9.17, 15) is 14.0 Å². The fraction of sp³-hybridized carbons (Fsp3) is 0.200. The molecule has 1 heterocycles. The van der Waals surface area contributed by atoms with Gasteiger partial charge in [-0.2, -0.15) is 0 Å². The Hall–Kier alpha value is -3.15. The SMILES string of the molecule is C=CC(=O)Nc1cccc(C(=O)NC2CCCOc3cc(F)ccc32)c1. The predicted molar refractivity (Wildman–Crippen MR) is 96.6 cm³/mol. The van der Waals surface area contributed by atoms with Crippen LogP contribution < -0.4 is 15.4 Å². The van der Waals surface area contributed by atoms with Gasteiger partial charge in [-0.15, -0.1) is 0 Å². The third kappa shape index (κ3) is 4.08. The quantitative estimate of drug-likeness (QED) is 0.825. The van der Waals surface area contributed by atoms with Gasteiger partial charge >= 0.3 is 0 Å². The van der Waals surface area contributed by atoms with Crippen molar-refractivity contribution in [1.82, 2.24) is 5.32 Å². The predicted octanol–water partition coefficient (Wildman–Crippen LogP) is 3.59. The van der Waals surface area contributed by atoms with Crippen molar-refractivity contribution in [2.24, 2.45) is 0 Å². The molecule has 3 rings (SSSR count). The molecule has 0 radical (unpaired) electrons. The summed E-state index contributed by atoms with van der Waals surface area (Å²) in [7, 11) is 0. The van der Waals surface area contributed by atoms with Gasteiger partial charge in [-0.1, -0.05) is 18.7 Å². The summed E-state index contributed by atoms with van der Waals surface area (Å²) in [6, 6.07) is 10.7. The zero-order valence-electron chi connectivity index (χ0n) is 14.1. The molecule has 2 N–H and O–H groups in total. The minimum absolute atomic E-state index is 0.271. The Morgan fingerprint density at radius 1 is 1.23 bits per heavy atom. The van der Waals surface area contributed by atoms with Crippen LogP contribution in [0.3, 0.4) is 0 Å². The van der Waals surface area contributed by atoms with E-state index in [2.05, 4.69) is 17.2 Å². The van der Waals surface area contributed by atoms with Gasteiger partial charge in [0.2, 0.25) is 5.91 Å². The number of benzene rings is 2. The van der Waals surface area contributed by atoms with E-state index < -0.39 is 0 Å². The minimum atomic E-state index is -0.374. The third-order valence-electron chi connectivity index (χ3n) is 4.13. The first kappa shape index (κ1) is 17.7. The molecule has 0 aliphatic carbocycles. The first-order chi connectivity index (χ1) is 12.6. The second-order valence-electron chi connectivity index (χ2n) is 5.97. The molecule has 1 unspecified atom stereocenters. The lowest BCUT2D eigenvalue weighted by Crippen LogP contribution is -2.28. The average Bonchev–Trinajstić information content (AvgIpc) is 2.83. The number of nitrogens with one attached hydrogen (secondary N) is 2. The molecule has 0 spiro atoms. The minimum Gasteiger partial charge on any atom is -0.493 e. The molecular formula is C20H19FN2O3. The summed E-state index contributed by atoms with van der Waals surface area (Å²) in [5.74, 6) is -0.539. The van der Waals surface area contributed by atoms with E-state index in [1.54, 1.807) is 30.3 Å². The summed E-state index contributed by atoms with van der Waals surface area (Å²) >= 11 is 0. The Balaban J connectivity index is 1.79. The molecule has 0 fully saturated rings. The number of ether oxygens (including phenoxy) is 1. The standard InChI is InChI=1S/C20H19FN2O3/c1-2-19(24)22-15-6-3-5-13(11-15)20(25)23-17-7-4-10-26-18-12-14(21)8-9-16(17)18/h2-3,5-6,8-9,11-12,17H,1,4,7,10H2,(H,22,24)(H,23,25). The van der Waals surface area contributed by atoms with Gasteiger partial charge in [-0.05, 0) is 43.2 Å². The maximum atomic E-state index is 13.5. The van der Waals surface area contributed by atoms with Crippen LogP contribution in [0, 0.1) is 5.82 Å².